The van der Waals surface area contributed by atoms with Crippen LogP contribution in [0.4, 0.5) is 16.0 Å². The van der Waals surface area contributed by atoms with Crippen molar-refractivity contribution in [2.45, 2.75) is 0 Å². The minimum absolute atomic E-state index is 0.270. The minimum Gasteiger partial charge on any atom is -0.324 e. The maximum atomic E-state index is 13.3. The van der Waals surface area contributed by atoms with E-state index in [4.69, 9.17) is 0 Å². The van der Waals surface area contributed by atoms with Gasteiger partial charge in [0.2, 0.25) is 5.95 Å². The maximum Gasteiger partial charge on any atom is 0.228 e. The highest BCUT2D eigenvalue weighted by atomic mass is 19.1. The van der Waals surface area contributed by atoms with Crippen molar-refractivity contribution in [2.24, 2.45) is 0 Å². The van der Waals surface area contributed by atoms with E-state index in [1.165, 1.54) is 12.1 Å². The molecule has 0 aliphatic carbocycles. The van der Waals surface area contributed by atoms with Crippen molar-refractivity contribution < 1.29 is 4.39 Å². The smallest absolute Gasteiger partial charge is 0.228 e. The predicted molar refractivity (Wildman–Crippen MR) is 103 cm³/mol. The first-order valence-electron chi connectivity index (χ1n) is 8.30. The third-order valence-corrected chi connectivity index (χ3v) is 3.97. The summed E-state index contributed by atoms with van der Waals surface area (Å²) in [6, 6.07) is 27.9. The molecule has 0 saturated heterocycles. The van der Waals surface area contributed by atoms with Crippen LogP contribution in [0.15, 0.2) is 91.0 Å². The molecule has 26 heavy (non-hydrogen) atoms. The summed E-state index contributed by atoms with van der Waals surface area (Å²) < 4.78 is 13.3. The van der Waals surface area contributed by atoms with Gasteiger partial charge in [-0.15, -0.1) is 0 Å². The standard InChI is InChI=1S/C22H16FN3/c23-18-13-11-17(12-14-18)21-15-20(16-7-3-1-4-8-16)25-22(26-21)24-19-9-5-2-6-10-19/h1-15H,(H,24,25,26). The molecule has 1 aromatic heterocycles. The molecule has 0 aliphatic heterocycles. The number of para-hydroxylation sites is 1. The highest BCUT2D eigenvalue weighted by Gasteiger charge is 2.09. The fraction of sp³-hybridized carbons (Fsp3) is 0. The highest BCUT2D eigenvalue weighted by Crippen LogP contribution is 2.26. The Morgan fingerprint density at radius 1 is 0.615 bits per heavy atom. The molecule has 0 saturated carbocycles. The van der Waals surface area contributed by atoms with E-state index in [-0.39, 0.29) is 5.82 Å². The van der Waals surface area contributed by atoms with Gasteiger partial charge in [-0.1, -0.05) is 48.5 Å². The molecule has 1 N–H and O–H groups in total. The van der Waals surface area contributed by atoms with Crippen molar-refractivity contribution in [3.05, 3.63) is 96.8 Å². The third kappa shape index (κ3) is 3.59. The summed E-state index contributed by atoms with van der Waals surface area (Å²) in [5.74, 6) is 0.227. The Balaban J connectivity index is 1.80. The van der Waals surface area contributed by atoms with E-state index in [2.05, 4.69) is 15.3 Å². The van der Waals surface area contributed by atoms with Gasteiger partial charge >= 0.3 is 0 Å². The third-order valence-electron chi connectivity index (χ3n) is 3.97. The van der Waals surface area contributed by atoms with Crippen LogP contribution in [0.2, 0.25) is 0 Å². The van der Waals surface area contributed by atoms with E-state index in [9.17, 15) is 4.39 Å². The number of hydrogen-bond donors (Lipinski definition) is 1. The van der Waals surface area contributed by atoms with Gasteiger partial charge in [0.15, 0.2) is 0 Å². The van der Waals surface area contributed by atoms with Crippen LogP contribution in [0.25, 0.3) is 22.5 Å². The van der Waals surface area contributed by atoms with Gasteiger partial charge in [0, 0.05) is 16.8 Å². The lowest BCUT2D eigenvalue weighted by atomic mass is 10.1. The van der Waals surface area contributed by atoms with Gasteiger partial charge < -0.3 is 5.32 Å². The number of nitrogens with zero attached hydrogens (tertiary/aromatic N) is 2. The first-order chi connectivity index (χ1) is 12.8. The first kappa shape index (κ1) is 16.0. The van der Waals surface area contributed by atoms with Crippen LogP contribution in [0.3, 0.4) is 0 Å². The maximum absolute atomic E-state index is 13.3. The summed E-state index contributed by atoms with van der Waals surface area (Å²) in [7, 11) is 0. The lowest BCUT2D eigenvalue weighted by Crippen LogP contribution is -2.00. The molecular weight excluding hydrogens is 325 g/mol. The zero-order chi connectivity index (χ0) is 17.8. The summed E-state index contributed by atoms with van der Waals surface area (Å²) >= 11 is 0. The number of rotatable bonds is 4. The van der Waals surface area contributed by atoms with Gasteiger partial charge in [0.1, 0.15) is 5.82 Å². The van der Waals surface area contributed by atoms with Crippen molar-refractivity contribution in [1.82, 2.24) is 9.97 Å². The Morgan fingerprint density at radius 2 is 1.15 bits per heavy atom. The van der Waals surface area contributed by atoms with Crippen LogP contribution in [-0.2, 0) is 0 Å². The first-order valence-corrected chi connectivity index (χ1v) is 8.30. The van der Waals surface area contributed by atoms with Crippen LogP contribution >= 0.6 is 0 Å². The van der Waals surface area contributed by atoms with E-state index in [1.807, 2.05) is 66.7 Å². The SMILES string of the molecule is Fc1ccc(-c2cc(-c3ccccc3)nc(Nc3ccccc3)n2)cc1. The second kappa shape index (κ2) is 7.15. The molecule has 0 atom stereocenters. The molecule has 0 radical (unpaired) electrons. The molecule has 1 heterocycles. The molecule has 126 valence electrons. The van der Waals surface area contributed by atoms with Crippen molar-refractivity contribution in [3.63, 3.8) is 0 Å². The Labute approximate surface area is 151 Å². The molecule has 3 aromatic carbocycles. The van der Waals surface area contributed by atoms with Crippen LogP contribution in [0.5, 0.6) is 0 Å². The zero-order valence-corrected chi connectivity index (χ0v) is 13.9. The largest absolute Gasteiger partial charge is 0.324 e. The molecule has 3 nitrogen and oxygen atoms in total. The summed E-state index contributed by atoms with van der Waals surface area (Å²) in [5.41, 5.74) is 4.27. The molecule has 4 heteroatoms. The number of halogens is 1. The van der Waals surface area contributed by atoms with Crippen LogP contribution in [0, 0.1) is 5.82 Å². The number of hydrogen-bond acceptors (Lipinski definition) is 3. The lowest BCUT2D eigenvalue weighted by molar-refractivity contribution is 0.628. The molecule has 4 rings (SSSR count). The Kier molecular flexibility index (Phi) is 4.39. The molecule has 4 aromatic rings. The number of aromatic nitrogens is 2. The molecule has 0 amide bonds. The van der Waals surface area contributed by atoms with E-state index in [0.29, 0.717) is 5.95 Å². The van der Waals surface area contributed by atoms with E-state index >= 15 is 0 Å². The molecule has 0 aliphatic rings. The molecule has 0 unspecified atom stereocenters. The second-order valence-electron chi connectivity index (χ2n) is 5.83. The van der Waals surface area contributed by atoms with Gasteiger partial charge in [-0.25, -0.2) is 14.4 Å². The number of benzene rings is 3. The van der Waals surface area contributed by atoms with Gasteiger partial charge in [-0.3, -0.25) is 0 Å². The van der Waals surface area contributed by atoms with Crippen LogP contribution in [0.1, 0.15) is 0 Å². The Bertz CT molecular complexity index is 1000. The summed E-state index contributed by atoms with van der Waals surface area (Å²) in [6.45, 7) is 0. The average Bonchev–Trinajstić information content (AvgIpc) is 2.70. The highest BCUT2D eigenvalue weighted by molar-refractivity contribution is 5.70. The fourth-order valence-electron chi connectivity index (χ4n) is 2.68. The van der Waals surface area contributed by atoms with Gasteiger partial charge in [-0.05, 0) is 42.5 Å². The van der Waals surface area contributed by atoms with Gasteiger partial charge in [0.25, 0.3) is 0 Å². The summed E-state index contributed by atoms with van der Waals surface area (Å²) in [4.78, 5) is 9.26. The molecule has 0 fully saturated rings. The Morgan fingerprint density at radius 3 is 1.77 bits per heavy atom. The van der Waals surface area contributed by atoms with E-state index in [1.54, 1.807) is 12.1 Å². The normalized spacial score (nSPS) is 10.5. The number of nitrogens with one attached hydrogen (secondary N) is 1. The predicted octanol–water partition coefficient (Wildman–Crippen LogP) is 5.69. The van der Waals surface area contributed by atoms with Crippen LogP contribution < -0.4 is 5.32 Å². The summed E-state index contributed by atoms with van der Waals surface area (Å²) in [5, 5.41) is 3.24. The molecule has 0 bridgehead atoms. The van der Waals surface area contributed by atoms with Crippen molar-refractivity contribution >= 4 is 11.6 Å². The second-order valence-corrected chi connectivity index (χ2v) is 5.83. The Hall–Kier alpha value is -3.53. The topological polar surface area (TPSA) is 37.8 Å². The monoisotopic (exact) mass is 341 g/mol. The van der Waals surface area contributed by atoms with Crippen molar-refractivity contribution in [3.8, 4) is 22.5 Å². The van der Waals surface area contributed by atoms with Crippen molar-refractivity contribution in [1.29, 1.82) is 0 Å². The van der Waals surface area contributed by atoms with Gasteiger partial charge in [-0.2, -0.15) is 0 Å². The van der Waals surface area contributed by atoms with Crippen molar-refractivity contribution in [2.75, 3.05) is 5.32 Å². The quantitative estimate of drug-likeness (QED) is 0.518. The number of anilines is 2. The molecule has 0 spiro atoms. The lowest BCUT2D eigenvalue weighted by Gasteiger charge is -2.10. The van der Waals surface area contributed by atoms with E-state index < -0.39 is 0 Å². The molecular formula is C22H16FN3. The summed E-state index contributed by atoms with van der Waals surface area (Å²) in [6.07, 6.45) is 0. The zero-order valence-electron chi connectivity index (χ0n) is 13.9. The average molecular weight is 341 g/mol. The van der Waals surface area contributed by atoms with Gasteiger partial charge in [0.05, 0.1) is 11.4 Å². The van der Waals surface area contributed by atoms with Crippen LogP contribution in [-0.4, -0.2) is 9.97 Å². The minimum atomic E-state index is -0.270. The fourth-order valence-corrected chi connectivity index (χ4v) is 2.68. The van der Waals surface area contributed by atoms with E-state index in [0.717, 1.165) is 28.2 Å².